The summed E-state index contributed by atoms with van der Waals surface area (Å²) in [5.74, 6) is 0.515. The van der Waals surface area contributed by atoms with Crippen LogP contribution in [0, 0.1) is 5.92 Å². The van der Waals surface area contributed by atoms with Crippen molar-refractivity contribution in [3.63, 3.8) is 0 Å². The zero-order chi connectivity index (χ0) is 26.5. The predicted molar refractivity (Wildman–Crippen MR) is 152 cm³/mol. The Labute approximate surface area is 228 Å². The highest BCUT2D eigenvalue weighted by atomic mass is 32.1. The van der Waals surface area contributed by atoms with Crippen LogP contribution in [0.25, 0.3) is 21.5 Å². The van der Waals surface area contributed by atoms with E-state index in [1.165, 1.54) is 19.3 Å². The van der Waals surface area contributed by atoms with E-state index < -0.39 is 0 Å². The molecule has 2 aliphatic rings. The fourth-order valence-electron chi connectivity index (χ4n) is 5.93. The number of carbonyl (C=O) groups excluding carboxylic acids is 2. The smallest absolute Gasteiger partial charge is 0.252 e. The number of aliphatic hydroxyl groups excluding tert-OH is 1. The normalized spacial score (nSPS) is 18.2. The van der Waals surface area contributed by atoms with Gasteiger partial charge in [0.25, 0.3) is 5.91 Å². The molecular weight excluding hydrogens is 496 g/mol. The van der Waals surface area contributed by atoms with Crippen molar-refractivity contribution in [2.45, 2.75) is 58.0 Å². The van der Waals surface area contributed by atoms with Crippen molar-refractivity contribution in [1.29, 1.82) is 0 Å². The van der Waals surface area contributed by atoms with Gasteiger partial charge in [0.1, 0.15) is 0 Å². The third-order valence-electron chi connectivity index (χ3n) is 8.06. The number of aromatic nitrogens is 1. The summed E-state index contributed by atoms with van der Waals surface area (Å²) in [6.45, 7) is 4.90. The quantitative estimate of drug-likeness (QED) is 0.416. The van der Waals surface area contributed by atoms with E-state index in [1.54, 1.807) is 11.3 Å². The Morgan fingerprint density at radius 2 is 1.97 bits per heavy atom. The van der Waals surface area contributed by atoms with Crippen LogP contribution in [0.1, 0.15) is 61.4 Å². The molecule has 7 nitrogen and oxygen atoms in total. The molecule has 2 fully saturated rings. The van der Waals surface area contributed by atoms with E-state index in [0.29, 0.717) is 50.6 Å². The van der Waals surface area contributed by atoms with E-state index >= 15 is 0 Å². The number of piperazine rings is 1. The van der Waals surface area contributed by atoms with Gasteiger partial charge >= 0.3 is 0 Å². The van der Waals surface area contributed by atoms with Crippen molar-refractivity contribution in [3.8, 4) is 10.6 Å². The number of aliphatic hydroxyl groups is 1. The molecule has 0 bridgehead atoms. The molecular formula is C30H38N4O3S. The number of rotatable bonds is 9. The van der Waals surface area contributed by atoms with E-state index in [2.05, 4.69) is 23.2 Å². The second-order valence-corrected chi connectivity index (χ2v) is 11.6. The fraction of sp³-hybridized carbons (Fsp3) is 0.500. The fourth-order valence-corrected chi connectivity index (χ4v) is 6.67. The van der Waals surface area contributed by atoms with E-state index in [4.69, 9.17) is 4.98 Å². The second kappa shape index (κ2) is 12.4. The standard InChI is InChI=1S/C30H38N4O3S/c1-21(22-9-3-2-4-10-22)31-30(37)28-23-11-5-6-12-25(23)32-29(26-13-7-18-38-26)24(28)19-33-15-16-34(14-8-17-35)27(36)20-33/h5-7,11-13,18,21-22,35H,2-4,8-10,14-17,19-20H2,1H3,(H,31,37)/t21-/m0/s1. The molecule has 202 valence electrons. The van der Waals surface area contributed by atoms with Crippen LogP contribution in [0.5, 0.6) is 0 Å². The molecule has 0 spiro atoms. The minimum atomic E-state index is -0.0533. The van der Waals surface area contributed by atoms with Gasteiger partial charge in [-0.3, -0.25) is 14.5 Å². The number of carbonyl (C=O) groups is 2. The summed E-state index contributed by atoms with van der Waals surface area (Å²) >= 11 is 1.62. The number of para-hydroxylation sites is 1. The van der Waals surface area contributed by atoms with Crippen LogP contribution in [-0.2, 0) is 11.3 Å². The van der Waals surface area contributed by atoms with Crippen LogP contribution < -0.4 is 5.32 Å². The maximum atomic E-state index is 14.1. The highest BCUT2D eigenvalue weighted by Crippen LogP contribution is 2.34. The van der Waals surface area contributed by atoms with Crippen molar-refractivity contribution in [2.75, 3.05) is 32.8 Å². The van der Waals surface area contributed by atoms with Gasteiger partial charge in [-0.2, -0.15) is 0 Å². The van der Waals surface area contributed by atoms with Crippen molar-refractivity contribution < 1.29 is 14.7 Å². The van der Waals surface area contributed by atoms with Gasteiger partial charge < -0.3 is 15.3 Å². The van der Waals surface area contributed by atoms with E-state index in [-0.39, 0.29) is 24.5 Å². The van der Waals surface area contributed by atoms with E-state index in [9.17, 15) is 14.7 Å². The van der Waals surface area contributed by atoms with Crippen molar-refractivity contribution in [1.82, 2.24) is 20.1 Å². The summed E-state index contributed by atoms with van der Waals surface area (Å²) in [6.07, 6.45) is 6.66. The van der Waals surface area contributed by atoms with Crippen molar-refractivity contribution in [2.24, 2.45) is 5.92 Å². The molecule has 0 unspecified atom stereocenters. The average Bonchev–Trinajstić information content (AvgIpc) is 3.47. The van der Waals surface area contributed by atoms with Crippen molar-refractivity contribution >= 4 is 34.1 Å². The molecule has 1 aliphatic carbocycles. The van der Waals surface area contributed by atoms with Crippen LogP contribution in [0.4, 0.5) is 0 Å². The van der Waals surface area contributed by atoms with E-state index in [1.807, 2.05) is 40.6 Å². The Hall–Kier alpha value is -2.81. The van der Waals surface area contributed by atoms with Gasteiger partial charge in [-0.1, -0.05) is 43.5 Å². The lowest BCUT2D eigenvalue weighted by molar-refractivity contribution is -0.136. The molecule has 1 atom stereocenters. The summed E-state index contributed by atoms with van der Waals surface area (Å²) in [4.78, 5) is 37.0. The molecule has 1 saturated heterocycles. The van der Waals surface area contributed by atoms with Gasteiger partial charge in [0, 0.05) is 49.8 Å². The average molecular weight is 535 g/mol. The van der Waals surface area contributed by atoms with Gasteiger partial charge in [0.2, 0.25) is 5.91 Å². The lowest BCUT2D eigenvalue weighted by atomic mass is 9.84. The van der Waals surface area contributed by atoms with Gasteiger partial charge in [-0.25, -0.2) is 4.98 Å². The van der Waals surface area contributed by atoms with Crippen LogP contribution in [-0.4, -0.2) is 70.5 Å². The first-order chi connectivity index (χ1) is 18.5. The molecule has 0 radical (unpaired) electrons. The largest absolute Gasteiger partial charge is 0.396 e. The topological polar surface area (TPSA) is 85.8 Å². The number of nitrogens with zero attached hydrogens (tertiary/aromatic N) is 3. The molecule has 8 heteroatoms. The minimum absolute atomic E-state index is 0.0533. The molecule has 1 aliphatic heterocycles. The number of nitrogens with one attached hydrogen (secondary N) is 1. The van der Waals surface area contributed by atoms with Crippen LogP contribution in [0.2, 0.25) is 0 Å². The van der Waals surface area contributed by atoms with Gasteiger partial charge in [-0.05, 0) is 49.6 Å². The number of thiophene rings is 1. The van der Waals surface area contributed by atoms with Gasteiger partial charge in [0.05, 0.1) is 28.2 Å². The summed E-state index contributed by atoms with van der Waals surface area (Å²) in [5.41, 5.74) is 3.19. The monoisotopic (exact) mass is 534 g/mol. The zero-order valence-corrected chi connectivity index (χ0v) is 23.0. The molecule has 1 saturated carbocycles. The van der Waals surface area contributed by atoms with Crippen LogP contribution in [0.3, 0.4) is 0 Å². The molecule has 3 aromatic rings. The number of fused-ring (bicyclic) bond motifs is 1. The molecule has 3 heterocycles. The van der Waals surface area contributed by atoms with Crippen LogP contribution >= 0.6 is 11.3 Å². The molecule has 5 rings (SSSR count). The maximum Gasteiger partial charge on any atom is 0.252 e. The lowest BCUT2D eigenvalue weighted by Gasteiger charge is -2.35. The third-order valence-corrected chi connectivity index (χ3v) is 8.93. The summed E-state index contributed by atoms with van der Waals surface area (Å²) in [5, 5.41) is 15.4. The first-order valence-corrected chi connectivity index (χ1v) is 14.8. The highest BCUT2D eigenvalue weighted by Gasteiger charge is 2.29. The van der Waals surface area contributed by atoms with Crippen molar-refractivity contribution in [3.05, 3.63) is 52.9 Å². The second-order valence-electron chi connectivity index (χ2n) is 10.6. The molecule has 38 heavy (non-hydrogen) atoms. The Morgan fingerprint density at radius 3 is 2.71 bits per heavy atom. The summed E-state index contributed by atoms with van der Waals surface area (Å²) in [6, 6.07) is 12.0. The SMILES string of the molecule is C[C@H](NC(=O)c1c(CN2CCN(CCCO)C(=O)C2)c(-c2cccs2)nc2ccccc12)C1CCCCC1. The zero-order valence-electron chi connectivity index (χ0n) is 22.2. The molecule has 2 N–H and O–H groups in total. The summed E-state index contributed by atoms with van der Waals surface area (Å²) in [7, 11) is 0. The summed E-state index contributed by atoms with van der Waals surface area (Å²) < 4.78 is 0. The molecule has 2 aromatic heterocycles. The predicted octanol–water partition coefficient (Wildman–Crippen LogP) is 4.69. The van der Waals surface area contributed by atoms with Gasteiger partial charge in [0.15, 0.2) is 0 Å². The van der Waals surface area contributed by atoms with Crippen LogP contribution in [0.15, 0.2) is 41.8 Å². The molecule has 1 aromatic carbocycles. The first kappa shape index (κ1) is 26.8. The Morgan fingerprint density at radius 1 is 1.16 bits per heavy atom. The number of pyridine rings is 1. The number of hydrogen-bond acceptors (Lipinski definition) is 6. The number of benzene rings is 1. The maximum absolute atomic E-state index is 14.1. The number of hydrogen-bond donors (Lipinski definition) is 2. The Balaban J connectivity index is 1.51. The number of amides is 2. The third kappa shape index (κ3) is 5.92. The Kier molecular flexibility index (Phi) is 8.72. The lowest BCUT2D eigenvalue weighted by Crippen LogP contribution is -2.50. The van der Waals surface area contributed by atoms with Gasteiger partial charge in [-0.15, -0.1) is 11.3 Å². The highest BCUT2D eigenvalue weighted by molar-refractivity contribution is 7.13. The minimum Gasteiger partial charge on any atom is -0.396 e. The van der Waals surface area contributed by atoms with E-state index in [0.717, 1.165) is 39.9 Å². The Bertz CT molecular complexity index is 1260. The molecule has 2 amide bonds. The first-order valence-electron chi connectivity index (χ1n) is 13.9.